The van der Waals surface area contributed by atoms with E-state index in [0.717, 1.165) is 11.3 Å². The highest BCUT2D eigenvalue weighted by atomic mass is 32.1. The molecule has 0 radical (unpaired) electrons. The van der Waals surface area contributed by atoms with Crippen molar-refractivity contribution in [2.24, 2.45) is 0 Å². The maximum atomic E-state index is 12.6. The van der Waals surface area contributed by atoms with Crippen LogP contribution in [0.1, 0.15) is 50.3 Å². The van der Waals surface area contributed by atoms with Crippen LogP contribution in [-0.2, 0) is 25.5 Å². The molecule has 136 valence electrons. The molecular formula is C19H25NO4S. The molecule has 0 unspecified atom stereocenters. The van der Waals surface area contributed by atoms with Crippen molar-refractivity contribution < 1.29 is 19.1 Å². The Balaban J connectivity index is 2.59. The van der Waals surface area contributed by atoms with Crippen LogP contribution in [-0.4, -0.2) is 25.2 Å². The van der Waals surface area contributed by atoms with Crippen LogP contribution in [0.2, 0.25) is 0 Å². The number of dihydropyridines is 1. The van der Waals surface area contributed by atoms with Crippen molar-refractivity contribution in [1.82, 2.24) is 5.32 Å². The molecule has 1 aromatic heterocycles. The average molecular weight is 363 g/mol. The van der Waals surface area contributed by atoms with Crippen molar-refractivity contribution in [1.29, 1.82) is 0 Å². The van der Waals surface area contributed by atoms with E-state index < -0.39 is 17.9 Å². The fraction of sp³-hybridized carbons (Fsp3) is 0.474. The van der Waals surface area contributed by atoms with Crippen molar-refractivity contribution in [3.05, 3.63) is 44.4 Å². The Hall–Kier alpha value is -2.08. The number of esters is 2. The molecule has 6 heteroatoms. The molecule has 1 aliphatic rings. The molecule has 1 aromatic rings. The second-order valence-electron chi connectivity index (χ2n) is 5.73. The monoisotopic (exact) mass is 363 g/mol. The van der Waals surface area contributed by atoms with Gasteiger partial charge in [0.1, 0.15) is 0 Å². The first-order valence-electron chi connectivity index (χ1n) is 8.55. The van der Waals surface area contributed by atoms with Crippen LogP contribution in [0.15, 0.2) is 34.7 Å². The Kier molecular flexibility index (Phi) is 6.42. The number of carbonyl (C=O) groups excluding carboxylic acids is 2. The fourth-order valence-electron chi connectivity index (χ4n) is 2.98. The zero-order chi connectivity index (χ0) is 18.6. The maximum absolute atomic E-state index is 12.6. The smallest absolute Gasteiger partial charge is 0.336 e. The summed E-state index contributed by atoms with van der Waals surface area (Å²) in [5.41, 5.74) is 2.36. The highest BCUT2D eigenvalue weighted by molar-refractivity contribution is 7.12. The van der Waals surface area contributed by atoms with Crippen LogP contribution >= 0.6 is 11.3 Å². The van der Waals surface area contributed by atoms with Gasteiger partial charge < -0.3 is 14.8 Å². The lowest BCUT2D eigenvalue weighted by Crippen LogP contribution is -2.32. The Bertz CT molecular complexity index is 690. The number of nitrogens with one attached hydrogen (secondary N) is 1. The number of hydrogen-bond acceptors (Lipinski definition) is 6. The first-order chi connectivity index (χ1) is 11.9. The van der Waals surface area contributed by atoms with E-state index in [0.29, 0.717) is 22.5 Å². The molecule has 0 aliphatic carbocycles. The molecule has 5 nitrogen and oxygen atoms in total. The molecule has 0 saturated heterocycles. The van der Waals surface area contributed by atoms with Crippen LogP contribution in [0.5, 0.6) is 0 Å². The molecule has 1 aliphatic heterocycles. The second-order valence-corrected chi connectivity index (χ2v) is 6.93. The predicted molar refractivity (Wildman–Crippen MR) is 98.2 cm³/mol. The molecule has 0 fully saturated rings. The van der Waals surface area contributed by atoms with Crippen LogP contribution in [0.3, 0.4) is 0 Å². The number of carbonyl (C=O) groups is 2. The quantitative estimate of drug-likeness (QED) is 0.781. The van der Waals surface area contributed by atoms with E-state index >= 15 is 0 Å². The largest absolute Gasteiger partial charge is 0.463 e. The van der Waals surface area contributed by atoms with E-state index in [4.69, 9.17) is 9.47 Å². The number of rotatable bonds is 6. The van der Waals surface area contributed by atoms with Gasteiger partial charge in [0.2, 0.25) is 0 Å². The van der Waals surface area contributed by atoms with Crippen molar-refractivity contribution in [2.75, 3.05) is 13.2 Å². The average Bonchev–Trinajstić information content (AvgIpc) is 3.03. The summed E-state index contributed by atoms with van der Waals surface area (Å²) in [6.07, 6.45) is 0.907. The number of hydrogen-bond donors (Lipinski definition) is 1. The van der Waals surface area contributed by atoms with E-state index in [2.05, 4.69) is 12.2 Å². The summed E-state index contributed by atoms with van der Waals surface area (Å²) in [5.74, 6) is -1.28. The summed E-state index contributed by atoms with van der Waals surface area (Å²) in [6, 6.07) is 4.02. The highest BCUT2D eigenvalue weighted by Gasteiger charge is 2.38. The van der Waals surface area contributed by atoms with Crippen LogP contribution in [0, 0.1) is 0 Å². The standard InChI is InChI=1S/C19H25NO4S/c1-6-13-9-10-14(25-13)17-15(18(21)23-7-2)11(4)20-12(5)16(17)19(22)24-8-3/h9-10,17,20H,6-8H2,1-5H3. The molecule has 2 rings (SSSR count). The molecular weight excluding hydrogens is 338 g/mol. The zero-order valence-corrected chi connectivity index (χ0v) is 16.2. The maximum Gasteiger partial charge on any atom is 0.336 e. The van der Waals surface area contributed by atoms with E-state index in [9.17, 15) is 9.59 Å². The molecule has 0 saturated carbocycles. The number of aryl methyl sites for hydroxylation is 1. The van der Waals surface area contributed by atoms with Crippen molar-refractivity contribution in [2.45, 2.75) is 47.0 Å². The number of thiophene rings is 1. The Morgan fingerprint density at radius 3 is 1.92 bits per heavy atom. The molecule has 0 bridgehead atoms. The molecule has 2 heterocycles. The lowest BCUT2D eigenvalue weighted by Gasteiger charge is -2.29. The number of allylic oxidation sites excluding steroid dienone is 2. The zero-order valence-electron chi connectivity index (χ0n) is 15.4. The van der Waals surface area contributed by atoms with Crippen molar-refractivity contribution >= 4 is 23.3 Å². The van der Waals surface area contributed by atoms with Gasteiger partial charge in [-0.25, -0.2) is 9.59 Å². The van der Waals surface area contributed by atoms with Crippen molar-refractivity contribution in [3.8, 4) is 0 Å². The third-order valence-corrected chi connectivity index (χ3v) is 5.36. The molecule has 0 aromatic carbocycles. The SMILES string of the molecule is CCOC(=O)C1=C(C)NC(C)=C(C(=O)OCC)C1c1ccc(CC)s1. The third-order valence-electron chi connectivity index (χ3n) is 4.07. The Labute approximate surface area is 152 Å². The van der Waals surface area contributed by atoms with Crippen LogP contribution in [0.25, 0.3) is 0 Å². The van der Waals surface area contributed by atoms with Crippen molar-refractivity contribution in [3.63, 3.8) is 0 Å². The molecule has 0 atom stereocenters. The molecule has 25 heavy (non-hydrogen) atoms. The van der Waals surface area contributed by atoms with Gasteiger partial charge in [0.05, 0.1) is 30.3 Å². The minimum Gasteiger partial charge on any atom is -0.463 e. The predicted octanol–water partition coefficient (Wildman–Crippen LogP) is 3.67. The summed E-state index contributed by atoms with van der Waals surface area (Å²) in [6.45, 7) is 9.85. The minimum atomic E-state index is -0.468. The van der Waals surface area contributed by atoms with Gasteiger partial charge in [-0.05, 0) is 46.2 Å². The fourth-order valence-corrected chi connectivity index (χ4v) is 4.05. The van der Waals surface area contributed by atoms with Crippen LogP contribution in [0.4, 0.5) is 0 Å². The first kappa shape index (κ1) is 19.2. The summed E-state index contributed by atoms with van der Waals surface area (Å²) < 4.78 is 10.5. The van der Waals surface area contributed by atoms with E-state index in [1.165, 1.54) is 4.88 Å². The summed E-state index contributed by atoms with van der Waals surface area (Å²) in [4.78, 5) is 27.4. The number of ether oxygens (including phenoxy) is 2. The Morgan fingerprint density at radius 1 is 1.00 bits per heavy atom. The van der Waals surface area contributed by atoms with Gasteiger partial charge in [-0.3, -0.25) is 0 Å². The van der Waals surface area contributed by atoms with Gasteiger partial charge in [-0.15, -0.1) is 11.3 Å². The normalized spacial score (nSPS) is 15.2. The second kappa shape index (κ2) is 8.34. The Morgan fingerprint density at radius 2 is 1.52 bits per heavy atom. The van der Waals surface area contributed by atoms with Gasteiger partial charge in [0.15, 0.2) is 0 Å². The van der Waals surface area contributed by atoms with E-state index in [-0.39, 0.29) is 13.2 Å². The van der Waals surface area contributed by atoms with Gasteiger partial charge in [-0.2, -0.15) is 0 Å². The molecule has 0 amide bonds. The summed E-state index contributed by atoms with van der Waals surface area (Å²) >= 11 is 1.61. The van der Waals surface area contributed by atoms with Gasteiger partial charge in [0.25, 0.3) is 0 Å². The lowest BCUT2D eigenvalue weighted by atomic mass is 9.84. The summed E-state index contributed by atoms with van der Waals surface area (Å²) in [5, 5.41) is 3.14. The third kappa shape index (κ3) is 3.95. The van der Waals surface area contributed by atoms with E-state index in [1.807, 2.05) is 26.0 Å². The molecule has 1 N–H and O–H groups in total. The van der Waals surface area contributed by atoms with Gasteiger partial charge in [-0.1, -0.05) is 6.92 Å². The lowest BCUT2D eigenvalue weighted by molar-refractivity contribution is -0.139. The first-order valence-corrected chi connectivity index (χ1v) is 9.37. The van der Waals surface area contributed by atoms with Crippen LogP contribution < -0.4 is 5.32 Å². The minimum absolute atomic E-state index is 0.282. The van der Waals surface area contributed by atoms with Gasteiger partial charge in [0, 0.05) is 21.1 Å². The van der Waals surface area contributed by atoms with Gasteiger partial charge >= 0.3 is 11.9 Å². The topological polar surface area (TPSA) is 64.6 Å². The highest BCUT2D eigenvalue weighted by Crippen LogP contribution is 2.42. The molecule has 0 spiro atoms. The summed E-state index contributed by atoms with van der Waals surface area (Å²) in [7, 11) is 0. The van der Waals surface area contributed by atoms with E-state index in [1.54, 1.807) is 25.2 Å².